The van der Waals surface area contributed by atoms with Crippen molar-refractivity contribution in [3.63, 3.8) is 0 Å². The van der Waals surface area contributed by atoms with Crippen molar-refractivity contribution in [2.24, 2.45) is 0 Å². The van der Waals surface area contributed by atoms with Crippen molar-refractivity contribution in [3.8, 4) is 0 Å². The van der Waals surface area contributed by atoms with E-state index in [1.165, 1.54) is 0 Å². The van der Waals surface area contributed by atoms with Gasteiger partial charge in [0, 0.05) is 0 Å². The fourth-order valence-electron chi connectivity index (χ4n) is 0.392. The zero-order chi connectivity index (χ0) is 8.15. The Morgan fingerprint density at radius 2 is 2.00 bits per heavy atom. The second kappa shape index (κ2) is 4.62. The van der Waals surface area contributed by atoms with Crippen molar-refractivity contribution in [3.05, 3.63) is 0 Å². The second-order valence-corrected chi connectivity index (χ2v) is 2.10. The molecule has 5 heteroatoms. The molecular weight excluding hydrogens is 160 g/mol. The predicted molar refractivity (Wildman–Crippen MR) is 34.8 cm³/mol. The van der Waals surface area contributed by atoms with E-state index in [0.717, 1.165) is 0 Å². The highest BCUT2D eigenvalue weighted by atomic mass is 35.5. The molecule has 0 spiro atoms. The van der Waals surface area contributed by atoms with E-state index in [-0.39, 0.29) is 5.88 Å². The van der Waals surface area contributed by atoms with Crippen LogP contribution in [0.25, 0.3) is 0 Å². The number of hydrogen-bond acceptors (Lipinski definition) is 4. The van der Waals surface area contributed by atoms with Crippen molar-refractivity contribution in [1.82, 2.24) is 0 Å². The van der Waals surface area contributed by atoms with Crippen LogP contribution in [0.2, 0.25) is 0 Å². The third-order valence-electron chi connectivity index (χ3n) is 1.01. The number of halogens is 1. The minimum absolute atomic E-state index is 0.229. The van der Waals surface area contributed by atoms with Crippen molar-refractivity contribution in [2.75, 3.05) is 12.5 Å². The Bertz CT molecular complexity index is 116. The maximum Gasteiger partial charge on any atom is 0.189 e. The molecule has 0 fully saturated rings. The SMILES string of the molecule is O=C(CO)C(O)C(O)CCl. The average Bonchev–Trinajstić information content (AvgIpc) is 2.00. The van der Waals surface area contributed by atoms with Crippen LogP contribution < -0.4 is 0 Å². The Balaban J connectivity index is 3.81. The summed E-state index contributed by atoms with van der Waals surface area (Å²) in [6, 6.07) is 0. The molecule has 2 atom stereocenters. The number of carbonyl (C=O) groups excluding carboxylic acids is 1. The molecule has 0 amide bonds. The van der Waals surface area contributed by atoms with Gasteiger partial charge >= 0.3 is 0 Å². The van der Waals surface area contributed by atoms with E-state index in [1.807, 2.05) is 0 Å². The maximum absolute atomic E-state index is 10.4. The van der Waals surface area contributed by atoms with Crippen LogP contribution in [-0.4, -0.2) is 45.8 Å². The second-order valence-electron chi connectivity index (χ2n) is 1.79. The van der Waals surface area contributed by atoms with Gasteiger partial charge in [-0.15, -0.1) is 11.6 Å². The normalized spacial score (nSPS) is 16.4. The van der Waals surface area contributed by atoms with E-state index in [0.29, 0.717) is 0 Å². The number of aliphatic hydroxyl groups is 3. The molecule has 0 aromatic rings. The van der Waals surface area contributed by atoms with Crippen LogP contribution in [0.5, 0.6) is 0 Å². The van der Waals surface area contributed by atoms with Crippen LogP contribution in [0.15, 0.2) is 0 Å². The molecule has 0 aromatic carbocycles. The molecule has 4 nitrogen and oxygen atoms in total. The molecule has 0 aliphatic carbocycles. The van der Waals surface area contributed by atoms with E-state index < -0.39 is 24.6 Å². The molecule has 0 aliphatic rings. The molecule has 0 aliphatic heterocycles. The smallest absolute Gasteiger partial charge is 0.189 e. The number of ketones is 1. The standard InChI is InChI=1S/C5H9ClO4/c6-1-3(8)5(10)4(9)2-7/h3,5,7-8,10H,1-2H2. The van der Waals surface area contributed by atoms with Gasteiger partial charge in [0.1, 0.15) is 18.8 Å². The molecule has 0 rings (SSSR count). The first kappa shape index (κ1) is 9.84. The molecular formula is C5H9ClO4. The van der Waals surface area contributed by atoms with Crippen LogP contribution in [0.1, 0.15) is 0 Å². The first-order valence-electron chi connectivity index (χ1n) is 2.69. The van der Waals surface area contributed by atoms with E-state index in [9.17, 15) is 4.79 Å². The van der Waals surface area contributed by atoms with Crippen LogP contribution in [-0.2, 0) is 4.79 Å². The van der Waals surface area contributed by atoms with Gasteiger partial charge in [0.05, 0.1) is 5.88 Å². The quantitative estimate of drug-likeness (QED) is 0.447. The first-order valence-corrected chi connectivity index (χ1v) is 3.22. The van der Waals surface area contributed by atoms with E-state index in [2.05, 4.69) is 0 Å². The lowest BCUT2D eigenvalue weighted by atomic mass is 10.1. The first-order chi connectivity index (χ1) is 4.63. The van der Waals surface area contributed by atoms with Crippen molar-refractivity contribution < 1.29 is 20.1 Å². The van der Waals surface area contributed by atoms with Crippen LogP contribution in [0, 0.1) is 0 Å². The average molecular weight is 169 g/mol. The summed E-state index contributed by atoms with van der Waals surface area (Å²) >= 11 is 5.10. The van der Waals surface area contributed by atoms with Crippen molar-refractivity contribution >= 4 is 17.4 Å². The molecule has 0 heterocycles. The highest BCUT2D eigenvalue weighted by Gasteiger charge is 2.21. The lowest BCUT2D eigenvalue weighted by Gasteiger charge is -2.11. The summed E-state index contributed by atoms with van der Waals surface area (Å²) in [7, 11) is 0. The number of aliphatic hydroxyl groups excluding tert-OH is 3. The Kier molecular flexibility index (Phi) is 4.55. The monoisotopic (exact) mass is 168 g/mol. The number of Topliss-reactive ketones (excluding diaryl/α,β-unsaturated/α-hetero) is 1. The van der Waals surface area contributed by atoms with Crippen molar-refractivity contribution in [1.29, 1.82) is 0 Å². The summed E-state index contributed by atoms with van der Waals surface area (Å²) in [5, 5.41) is 25.6. The van der Waals surface area contributed by atoms with Crippen LogP contribution in [0.4, 0.5) is 0 Å². The molecule has 0 bridgehead atoms. The predicted octanol–water partition coefficient (Wildman–Crippen LogP) is -1.49. The topological polar surface area (TPSA) is 77.8 Å². The fraction of sp³-hybridized carbons (Fsp3) is 0.800. The zero-order valence-corrected chi connectivity index (χ0v) is 5.95. The molecule has 3 N–H and O–H groups in total. The van der Waals surface area contributed by atoms with Crippen LogP contribution in [0.3, 0.4) is 0 Å². The number of hydrogen-bond donors (Lipinski definition) is 3. The summed E-state index contributed by atoms with van der Waals surface area (Å²) in [4.78, 5) is 10.4. The summed E-state index contributed by atoms with van der Waals surface area (Å²) in [6.45, 7) is -0.783. The number of carbonyl (C=O) groups is 1. The Morgan fingerprint density at radius 3 is 2.30 bits per heavy atom. The Hall–Kier alpha value is -0.160. The number of alkyl halides is 1. The lowest BCUT2D eigenvalue weighted by molar-refractivity contribution is -0.134. The van der Waals surface area contributed by atoms with Gasteiger partial charge in [-0.2, -0.15) is 0 Å². The van der Waals surface area contributed by atoms with E-state index in [4.69, 9.17) is 26.9 Å². The summed E-state index contributed by atoms with van der Waals surface area (Å²) in [5.41, 5.74) is 0. The van der Waals surface area contributed by atoms with Crippen molar-refractivity contribution in [2.45, 2.75) is 12.2 Å². The molecule has 2 unspecified atom stereocenters. The van der Waals surface area contributed by atoms with Crippen LogP contribution >= 0.6 is 11.6 Å². The van der Waals surface area contributed by atoms with E-state index >= 15 is 0 Å². The third kappa shape index (κ3) is 2.62. The third-order valence-corrected chi connectivity index (χ3v) is 1.32. The largest absolute Gasteiger partial charge is 0.389 e. The van der Waals surface area contributed by atoms with Gasteiger partial charge < -0.3 is 15.3 Å². The lowest BCUT2D eigenvalue weighted by Crippen LogP contribution is -2.36. The minimum atomic E-state index is -1.57. The van der Waals surface area contributed by atoms with Gasteiger partial charge in [-0.1, -0.05) is 0 Å². The summed E-state index contributed by atoms with van der Waals surface area (Å²) in [5.74, 6) is -1.06. The molecule has 0 aromatic heterocycles. The molecule has 0 radical (unpaired) electrons. The number of rotatable bonds is 4. The zero-order valence-electron chi connectivity index (χ0n) is 5.20. The van der Waals surface area contributed by atoms with Gasteiger partial charge in [-0.05, 0) is 0 Å². The highest BCUT2D eigenvalue weighted by Crippen LogP contribution is 1.96. The Morgan fingerprint density at radius 1 is 1.50 bits per heavy atom. The van der Waals surface area contributed by atoms with Gasteiger partial charge in [0.15, 0.2) is 5.78 Å². The van der Waals surface area contributed by atoms with Gasteiger partial charge in [-0.3, -0.25) is 4.79 Å². The minimum Gasteiger partial charge on any atom is -0.389 e. The molecule has 60 valence electrons. The van der Waals surface area contributed by atoms with Gasteiger partial charge in [0.2, 0.25) is 0 Å². The van der Waals surface area contributed by atoms with E-state index in [1.54, 1.807) is 0 Å². The maximum atomic E-state index is 10.4. The van der Waals surface area contributed by atoms with Gasteiger partial charge in [-0.25, -0.2) is 0 Å². The molecule has 10 heavy (non-hydrogen) atoms. The Labute approximate surface area is 63.0 Å². The fourth-order valence-corrected chi connectivity index (χ4v) is 0.561. The molecule has 0 saturated carbocycles. The van der Waals surface area contributed by atoms with Gasteiger partial charge in [0.25, 0.3) is 0 Å². The summed E-state index contributed by atoms with van der Waals surface area (Å²) in [6.07, 6.45) is -2.86. The summed E-state index contributed by atoms with van der Waals surface area (Å²) < 4.78 is 0. The highest BCUT2D eigenvalue weighted by molar-refractivity contribution is 6.18. The molecule has 0 saturated heterocycles.